The number of hydrogen-bond donors (Lipinski definition) is 0. The molecule has 0 aromatic heterocycles. The fourth-order valence-corrected chi connectivity index (χ4v) is 2.14. The van der Waals surface area contributed by atoms with Crippen LogP contribution in [0, 0.1) is 5.92 Å². The minimum absolute atomic E-state index is 0.627. The quantitative estimate of drug-likeness (QED) is 0.693. The number of hydrogen-bond acceptors (Lipinski definition) is 1. The summed E-state index contributed by atoms with van der Waals surface area (Å²) in [5, 5.41) is 0.785. The predicted molar refractivity (Wildman–Crippen MR) is 82.2 cm³/mol. The zero-order valence-corrected chi connectivity index (χ0v) is 12.4. The van der Waals surface area contributed by atoms with E-state index in [4.69, 9.17) is 16.3 Å². The number of rotatable bonds is 5. The molecule has 1 nitrogen and oxygen atoms in total. The molecule has 0 spiro atoms. The first-order valence-electron chi connectivity index (χ1n) is 6.97. The van der Waals surface area contributed by atoms with E-state index in [9.17, 15) is 0 Å². The summed E-state index contributed by atoms with van der Waals surface area (Å²) in [7, 11) is 0. The Morgan fingerprint density at radius 3 is 2.47 bits per heavy atom. The minimum Gasteiger partial charge on any atom is -0.498 e. The molecule has 0 bridgehead atoms. The Bertz CT molecular complexity index is 471. The zero-order chi connectivity index (χ0) is 13.7. The second-order valence-electron chi connectivity index (χ2n) is 5.16. The molecule has 0 heterocycles. The fraction of sp³-hybridized carbons (Fsp3) is 0.412. The lowest BCUT2D eigenvalue weighted by molar-refractivity contribution is 0.162. The van der Waals surface area contributed by atoms with E-state index < -0.39 is 0 Å². The van der Waals surface area contributed by atoms with Gasteiger partial charge < -0.3 is 4.74 Å². The van der Waals surface area contributed by atoms with Crippen molar-refractivity contribution in [1.29, 1.82) is 0 Å². The standard InChI is InChI=1S/C17H21ClO/c1-3-13(2)12-19-17-10-6-15(7-11-17)14-4-8-16(18)9-5-14/h4-6,8-10,13H,3,7,11-12H2,1-2H3. The maximum Gasteiger partial charge on any atom is 0.0963 e. The van der Waals surface area contributed by atoms with Gasteiger partial charge in [0, 0.05) is 11.4 Å². The predicted octanol–water partition coefficient (Wildman–Crippen LogP) is 5.46. The van der Waals surface area contributed by atoms with Crippen LogP contribution in [0.25, 0.3) is 5.57 Å². The van der Waals surface area contributed by atoms with Crippen LogP contribution < -0.4 is 0 Å². The Hall–Kier alpha value is -1.21. The fourth-order valence-electron chi connectivity index (χ4n) is 2.01. The van der Waals surface area contributed by atoms with Crippen molar-refractivity contribution in [2.24, 2.45) is 5.92 Å². The normalized spacial score (nSPS) is 16.6. The van der Waals surface area contributed by atoms with Crippen LogP contribution in [0.1, 0.15) is 38.7 Å². The lowest BCUT2D eigenvalue weighted by atomic mass is 9.96. The molecule has 1 aromatic carbocycles. The largest absolute Gasteiger partial charge is 0.498 e. The average molecular weight is 277 g/mol. The van der Waals surface area contributed by atoms with Crippen molar-refractivity contribution in [3.8, 4) is 0 Å². The van der Waals surface area contributed by atoms with E-state index in [2.05, 4.69) is 38.1 Å². The van der Waals surface area contributed by atoms with Gasteiger partial charge in [-0.1, -0.05) is 50.1 Å². The van der Waals surface area contributed by atoms with Crippen molar-refractivity contribution in [1.82, 2.24) is 0 Å². The van der Waals surface area contributed by atoms with Crippen molar-refractivity contribution in [2.75, 3.05) is 6.61 Å². The van der Waals surface area contributed by atoms with Gasteiger partial charge in [0.25, 0.3) is 0 Å². The summed E-state index contributed by atoms with van der Waals surface area (Å²) in [5.74, 6) is 1.74. The number of ether oxygens (including phenoxy) is 1. The van der Waals surface area contributed by atoms with Gasteiger partial charge in [0.1, 0.15) is 0 Å². The molecule has 19 heavy (non-hydrogen) atoms. The first-order valence-corrected chi connectivity index (χ1v) is 7.35. The Labute approximate surface area is 120 Å². The SMILES string of the molecule is CCC(C)COC1=CC=C(c2ccc(Cl)cc2)CC1. The first kappa shape index (κ1) is 14.2. The molecule has 2 rings (SSSR count). The Balaban J connectivity index is 1.97. The molecule has 0 fully saturated rings. The highest BCUT2D eigenvalue weighted by Crippen LogP contribution is 2.28. The van der Waals surface area contributed by atoms with Gasteiger partial charge in [0.05, 0.1) is 12.4 Å². The van der Waals surface area contributed by atoms with Gasteiger partial charge in [-0.2, -0.15) is 0 Å². The molecule has 0 radical (unpaired) electrons. The van der Waals surface area contributed by atoms with Crippen molar-refractivity contribution in [3.63, 3.8) is 0 Å². The molecule has 0 saturated heterocycles. The van der Waals surface area contributed by atoms with Crippen LogP contribution in [0.4, 0.5) is 0 Å². The molecule has 1 aliphatic carbocycles. The first-order chi connectivity index (χ1) is 9.19. The monoisotopic (exact) mass is 276 g/mol. The van der Waals surface area contributed by atoms with Crippen LogP contribution in [0.15, 0.2) is 42.2 Å². The summed E-state index contributed by atoms with van der Waals surface area (Å²) in [6.07, 6.45) is 7.46. The summed E-state index contributed by atoms with van der Waals surface area (Å²) in [6.45, 7) is 5.24. The third kappa shape index (κ3) is 4.14. The lowest BCUT2D eigenvalue weighted by Crippen LogP contribution is -2.06. The van der Waals surface area contributed by atoms with Crippen molar-refractivity contribution >= 4 is 17.2 Å². The maximum atomic E-state index is 5.91. The Morgan fingerprint density at radius 1 is 1.16 bits per heavy atom. The van der Waals surface area contributed by atoms with E-state index >= 15 is 0 Å². The van der Waals surface area contributed by atoms with E-state index in [0.29, 0.717) is 5.92 Å². The summed E-state index contributed by atoms with van der Waals surface area (Å²) in [5.41, 5.74) is 2.61. The van der Waals surface area contributed by atoms with Gasteiger partial charge in [-0.15, -0.1) is 0 Å². The molecule has 0 amide bonds. The molecule has 2 heteroatoms. The zero-order valence-electron chi connectivity index (χ0n) is 11.7. The molecule has 0 saturated carbocycles. The Kier molecular flexibility index (Phi) is 5.09. The molecule has 1 aromatic rings. The van der Waals surface area contributed by atoms with Crippen LogP contribution in [0.3, 0.4) is 0 Å². The summed E-state index contributed by atoms with van der Waals surface area (Å²) in [4.78, 5) is 0. The molecule has 1 aliphatic rings. The molecular formula is C17H21ClO. The topological polar surface area (TPSA) is 9.23 Å². The van der Waals surface area contributed by atoms with Crippen molar-refractivity contribution in [3.05, 3.63) is 52.8 Å². The molecule has 0 N–H and O–H groups in total. The van der Waals surface area contributed by atoms with E-state index in [1.54, 1.807) is 0 Å². The van der Waals surface area contributed by atoms with Crippen molar-refractivity contribution in [2.45, 2.75) is 33.1 Å². The summed E-state index contributed by atoms with van der Waals surface area (Å²) in [6, 6.07) is 8.03. The van der Waals surface area contributed by atoms with Crippen LogP contribution >= 0.6 is 11.6 Å². The maximum absolute atomic E-state index is 5.91. The van der Waals surface area contributed by atoms with Gasteiger partial charge in [-0.05, 0) is 41.7 Å². The van der Waals surface area contributed by atoms with Crippen LogP contribution in [0.5, 0.6) is 0 Å². The van der Waals surface area contributed by atoms with Crippen LogP contribution in [-0.2, 0) is 4.74 Å². The highest BCUT2D eigenvalue weighted by Gasteiger charge is 2.10. The average Bonchev–Trinajstić information content (AvgIpc) is 2.46. The highest BCUT2D eigenvalue weighted by atomic mass is 35.5. The van der Waals surface area contributed by atoms with Gasteiger partial charge in [-0.3, -0.25) is 0 Å². The number of benzene rings is 1. The second kappa shape index (κ2) is 6.81. The smallest absolute Gasteiger partial charge is 0.0963 e. The van der Waals surface area contributed by atoms with Crippen molar-refractivity contribution < 1.29 is 4.74 Å². The lowest BCUT2D eigenvalue weighted by Gasteiger charge is -2.18. The van der Waals surface area contributed by atoms with E-state index in [0.717, 1.165) is 30.2 Å². The molecule has 102 valence electrons. The van der Waals surface area contributed by atoms with Gasteiger partial charge >= 0.3 is 0 Å². The summed E-state index contributed by atoms with van der Waals surface area (Å²) >= 11 is 5.91. The molecular weight excluding hydrogens is 256 g/mol. The minimum atomic E-state index is 0.627. The van der Waals surface area contributed by atoms with Gasteiger partial charge in [0.15, 0.2) is 0 Å². The molecule has 1 atom stereocenters. The third-order valence-electron chi connectivity index (χ3n) is 3.58. The van der Waals surface area contributed by atoms with Crippen LogP contribution in [-0.4, -0.2) is 6.61 Å². The number of allylic oxidation sites excluding steroid dienone is 4. The Morgan fingerprint density at radius 2 is 1.89 bits per heavy atom. The van der Waals surface area contributed by atoms with Gasteiger partial charge in [-0.25, -0.2) is 0 Å². The van der Waals surface area contributed by atoms with Gasteiger partial charge in [0.2, 0.25) is 0 Å². The van der Waals surface area contributed by atoms with E-state index in [-0.39, 0.29) is 0 Å². The van der Waals surface area contributed by atoms with E-state index in [1.807, 2.05) is 12.1 Å². The number of halogens is 1. The molecule has 0 aliphatic heterocycles. The summed E-state index contributed by atoms with van der Waals surface area (Å²) < 4.78 is 5.83. The van der Waals surface area contributed by atoms with E-state index in [1.165, 1.54) is 17.6 Å². The third-order valence-corrected chi connectivity index (χ3v) is 3.83. The molecule has 1 unspecified atom stereocenters. The second-order valence-corrected chi connectivity index (χ2v) is 5.59. The highest BCUT2D eigenvalue weighted by molar-refractivity contribution is 6.30. The van der Waals surface area contributed by atoms with Crippen LogP contribution in [0.2, 0.25) is 5.02 Å².